The fourth-order valence-corrected chi connectivity index (χ4v) is 2.17. The molecular weight excluding hydrogens is 232 g/mol. The van der Waals surface area contributed by atoms with Crippen molar-refractivity contribution in [3.05, 3.63) is 23.8 Å². The lowest BCUT2D eigenvalue weighted by Gasteiger charge is -2.34. The van der Waals surface area contributed by atoms with Crippen LogP contribution in [-0.2, 0) is 16.0 Å². The van der Waals surface area contributed by atoms with Crippen LogP contribution < -0.4 is 10.2 Å². The summed E-state index contributed by atoms with van der Waals surface area (Å²) in [7, 11) is 1.75. The van der Waals surface area contributed by atoms with Crippen molar-refractivity contribution in [2.24, 2.45) is 0 Å². The summed E-state index contributed by atoms with van der Waals surface area (Å²) in [6.45, 7) is 2.04. The van der Waals surface area contributed by atoms with Crippen molar-refractivity contribution in [1.82, 2.24) is 0 Å². The van der Waals surface area contributed by atoms with Crippen LogP contribution >= 0.6 is 0 Å². The zero-order valence-electron chi connectivity index (χ0n) is 10.4. The molecule has 18 heavy (non-hydrogen) atoms. The fraction of sp³-hybridized carbons (Fsp3) is 0.385. The van der Waals surface area contributed by atoms with E-state index in [0.29, 0.717) is 0 Å². The van der Waals surface area contributed by atoms with Gasteiger partial charge in [-0.05, 0) is 24.1 Å². The molecule has 2 N–H and O–H groups in total. The van der Waals surface area contributed by atoms with Gasteiger partial charge in [-0.15, -0.1) is 0 Å². The summed E-state index contributed by atoms with van der Waals surface area (Å²) in [5, 5.41) is 11.6. The number of rotatable bonds is 3. The maximum Gasteiger partial charge on any atom is 0.305 e. The van der Waals surface area contributed by atoms with Crippen molar-refractivity contribution in [2.45, 2.75) is 25.8 Å². The zero-order chi connectivity index (χ0) is 13.3. The predicted octanol–water partition coefficient (Wildman–Crippen LogP) is 1.48. The minimum atomic E-state index is -0.976. The third-order valence-electron chi connectivity index (χ3n) is 3.25. The number of carboxylic acids is 1. The number of hydrogen-bond acceptors (Lipinski definition) is 3. The number of nitrogens with zero attached hydrogens (tertiary/aromatic N) is 1. The quantitative estimate of drug-likeness (QED) is 0.850. The molecule has 0 spiro atoms. The number of hydrogen-bond donors (Lipinski definition) is 2. The first-order chi connectivity index (χ1) is 8.52. The lowest BCUT2D eigenvalue weighted by molar-refractivity contribution is -0.138. The Bertz CT molecular complexity index is 499. The molecule has 2 rings (SSSR count). The Morgan fingerprint density at radius 3 is 2.83 bits per heavy atom. The van der Waals surface area contributed by atoms with Gasteiger partial charge in [-0.2, -0.15) is 0 Å². The largest absolute Gasteiger partial charge is 0.481 e. The van der Waals surface area contributed by atoms with E-state index < -0.39 is 12.0 Å². The molecule has 0 bridgehead atoms. The third-order valence-corrected chi connectivity index (χ3v) is 3.25. The molecule has 0 radical (unpaired) electrons. The molecule has 5 heteroatoms. The second-order valence-electron chi connectivity index (χ2n) is 4.42. The van der Waals surface area contributed by atoms with Crippen molar-refractivity contribution < 1.29 is 14.7 Å². The van der Waals surface area contributed by atoms with E-state index in [4.69, 9.17) is 5.11 Å². The number of anilines is 2. The Morgan fingerprint density at radius 1 is 1.50 bits per heavy atom. The molecule has 1 atom stereocenters. The number of fused-ring (bicyclic) bond motifs is 1. The molecule has 0 aromatic heterocycles. The van der Waals surface area contributed by atoms with Gasteiger partial charge in [0, 0.05) is 7.05 Å². The van der Waals surface area contributed by atoms with Gasteiger partial charge < -0.3 is 15.3 Å². The van der Waals surface area contributed by atoms with Crippen molar-refractivity contribution in [3.63, 3.8) is 0 Å². The average molecular weight is 248 g/mol. The first kappa shape index (κ1) is 12.4. The molecule has 96 valence electrons. The van der Waals surface area contributed by atoms with E-state index in [2.05, 4.69) is 5.32 Å². The van der Waals surface area contributed by atoms with Gasteiger partial charge in [-0.25, -0.2) is 0 Å². The Labute approximate surface area is 105 Å². The van der Waals surface area contributed by atoms with Crippen LogP contribution in [0.2, 0.25) is 0 Å². The van der Waals surface area contributed by atoms with E-state index in [9.17, 15) is 9.59 Å². The number of carbonyl (C=O) groups is 2. The van der Waals surface area contributed by atoms with Crippen molar-refractivity contribution in [1.29, 1.82) is 0 Å². The maximum atomic E-state index is 11.9. The van der Waals surface area contributed by atoms with E-state index in [1.54, 1.807) is 11.9 Å². The van der Waals surface area contributed by atoms with Crippen LogP contribution in [0.25, 0.3) is 0 Å². The van der Waals surface area contributed by atoms with Gasteiger partial charge in [0.25, 0.3) is 0 Å². The summed E-state index contributed by atoms with van der Waals surface area (Å²) in [6, 6.07) is 5.19. The summed E-state index contributed by atoms with van der Waals surface area (Å²) < 4.78 is 0. The highest BCUT2D eigenvalue weighted by Gasteiger charge is 2.32. The maximum absolute atomic E-state index is 11.9. The molecule has 1 heterocycles. The molecule has 1 aromatic rings. The van der Waals surface area contributed by atoms with Crippen molar-refractivity contribution in [3.8, 4) is 0 Å². The molecule has 0 aliphatic carbocycles. The predicted molar refractivity (Wildman–Crippen MR) is 68.9 cm³/mol. The standard InChI is InChI=1S/C13H16N2O3/c1-3-8-4-5-10-9(6-8)14-13(18)11(15(10)2)7-12(16)17/h4-6,11H,3,7H2,1-2H3,(H,14,18)(H,16,17). The van der Waals surface area contributed by atoms with E-state index in [-0.39, 0.29) is 12.3 Å². The summed E-state index contributed by atoms with van der Waals surface area (Å²) in [5.74, 6) is -1.24. The highest BCUT2D eigenvalue weighted by molar-refractivity contribution is 6.04. The number of benzene rings is 1. The van der Waals surface area contributed by atoms with Crippen LogP contribution in [0.5, 0.6) is 0 Å². The monoisotopic (exact) mass is 248 g/mol. The number of nitrogens with one attached hydrogen (secondary N) is 1. The van der Waals surface area contributed by atoms with Crippen LogP contribution in [0, 0.1) is 0 Å². The molecular formula is C13H16N2O3. The topological polar surface area (TPSA) is 69.6 Å². The first-order valence-electron chi connectivity index (χ1n) is 5.91. The molecule has 0 fully saturated rings. The number of carboxylic acid groups (broad SMARTS) is 1. The van der Waals surface area contributed by atoms with Gasteiger partial charge in [0.15, 0.2) is 0 Å². The number of likely N-dealkylation sites (N-methyl/N-ethyl adjacent to an activating group) is 1. The lowest BCUT2D eigenvalue weighted by atomic mass is 10.0. The highest BCUT2D eigenvalue weighted by Crippen LogP contribution is 2.32. The van der Waals surface area contributed by atoms with Crippen LogP contribution in [0.1, 0.15) is 18.9 Å². The van der Waals surface area contributed by atoms with Gasteiger partial charge in [-0.1, -0.05) is 13.0 Å². The second-order valence-corrected chi connectivity index (χ2v) is 4.42. The minimum absolute atomic E-state index is 0.197. The normalized spacial score (nSPS) is 18.2. The molecule has 1 aliphatic heterocycles. The van der Waals surface area contributed by atoms with Gasteiger partial charge in [0.05, 0.1) is 17.8 Å². The van der Waals surface area contributed by atoms with E-state index >= 15 is 0 Å². The smallest absolute Gasteiger partial charge is 0.305 e. The molecule has 1 unspecified atom stereocenters. The molecule has 0 saturated heterocycles. The summed E-state index contributed by atoms with van der Waals surface area (Å²) >= 11 is 0. The Morgan fingerprint density at radius 2 is 2.22 bits per heavy atom. The van der Waals surface area contributed by atoms with Crippen molar-refractivity contribution >= 4 is 23.3 Å². The minimum Gasteiger partial charge on any atom is -0.481 e. The molecule has 1 aliphatic rings. The van der Waals surface area contributed by atoms with E-state index in [0.717, 1.165) is 23.4 Å². The summed E-state index contributed by atoms with van der Waals surface area (Å²) in [5.41, 5.74) is 2.75. The third kappa shape index (κ3) is 2.16. The Kier molecular flexibility index (Phi) is 3.23. The average Bonchev–Trinajstić information content (AvgIpc) is 2.33. The number of aryl methyl sites for hydroxylation is 1. The van der Waals surface area contributed by atoms with Gasteiger partial charge in [0.1, 0.15) is 6.04 Å². The second kappa shape index (κ2) is 4.68. The summed E-state index contributed by atoms with van der Waals surface area (Å²) in [6.07, 6.45) is 0.697. The van der Waals surface area contributed by atoms with Crippen LogP contribution in [-0.4, -0.2) is 30.1 Å². The van der Waals surface area contributed by atoms with Gasteiger partial charge in [0.2, 0.25) is 5.91 Å². The lowest BCUT2D eigenvalue weighted by Crippen LogP contribution is -2.47. The zero-order valence-corrected chi connectivity index (χ0v) is 10.4. The van der Waals surface area contributed by atoms with Crippen molar-refractivity contribution in [2.75, 3.05) is 17.3 Å². The fourth-order valence-electron chi connectivity index (χ4n) is 2.17. The van der Waals surface area contributed by atoms with Gasteiger partial charge in [-0.3, -0.25) is 9.59 Å². The van der Waals surface area contributed by atoms with Crippen LogP contribution in [0.15, 0.2) is 18.2 Å². The van der Waals surface area contributed by atoms with E-state index in [1.807, 2.05) is 25.1 Å². The van der Waals surface area contributed by atoms with Crippen LogP contribution in [0.3, 0.4) is 0 Å². The molecule has 5 nitrogen and oxygen atoms in total. The Balaban J connectivity index is 2.35. The first-order valence-corrected chi connectivity index (χ1v) is 5.91. The van der Waals surface area contributed by atoms with Crippen LogP contribution in [0.4, 0.5) is 11.4 Å². The molecule has 1 amide bonds. The highest BCUT2D eigenvalue weighted by atomic mass is 16.4. The summed E-state index contributed by atoms with van der Waals surface area (Å²) in [4.78, 5) is 24.4. The number of amides is 1. The number of carbonyl (C=O) groups excluding carboxylic acids is 1. The SMILES string of the molecule is CCc1ccc2c(c1)NC(=O)C(CC(=O)O)N2C. The Hall–Kier alpha value is -2.04. The molecule has 0 saturated carbocycles. The van der Waals surface area contributed by atoms with Gasteiger partial charge >= 0.3 is 5.97 Å². The number of aliphatic carboxylic acids is 1. The van der Waals surface area contributed by atoms with E-state index in [1.165, 1.54) is 0 Å². The molecule has 1 aromatic carbocycles.